The molecule has 0 saturated carbocycles. The van der Waals surface area contributed by atoms with E-state index in [4.69, 9.17) is 0 Å². The molecule has 1 aromatic rings. The average Bonchev–Trinajstić information content (AvgIpc) is 2.18. The van der Waals surface area contributed by atoms with Crippen molar-refractivity contribution < 1.29 is 9.53 Å². The number of anilines is 1. The summed E-state index contributed by atoms with van der Waals surface area (Å²) in [6, 6.07) is 3.29. The van der Waals surface area contributed by atoms with E-state index >= 15 is 0 Å². The second-order valence-corrected chi connectivity index (χ2v) is 2.63. The lowest BCUT2D eigenvalue weighted by atomic mass is 10.3. The maximum absolute atomic E-state index is 11.0. The van der Waals surface area contributed by atoms with Gasteiger partial charge in [0, 0.05) is 12.4 Å². The molecule has 0 unspecified atom stereocenters. The molecule has 4 nitrogen and oxygen atoms in total. The van der Waals surface area contributed by atoms with E-state index in [2.05, 4.69) is 15.0 Å². The summed E-state index contributed by atoms with van der Waals surface area (Å²) < 4.78 is 4.56. The zero-order chi connectivity index (χ0) is 9.68. The Morgan fingerprint density at radius 1 is 1.64 bits per heavy atom. The van der Waals surface area contributed by atoms with Crippen molar-refractivity contribution in [3.05, 3.63) is 24.5 Å². The molecular formula is C9H13ClN2O2. The zero-order valence-electron chi connectivity index (χ0n) is 8.06. The first kappa shape index (κ1) is 12.7. The number of nitrogens with zero attached hydrogens (tertiary/aromatic N) is 1. The highest BCUT2D eigenvalue weighted by Gasteiger charge is 2.11. The van der Waals surface area contributed by atoms with Gasteiger partial charge < -0.3 is 10.1 Å². The molecule has 0 radical (unpaired) electrons. The van der Waals surface area contributed by atoms with Gasteiger partial charge in [0.05, 0.1) is 12.8 Å². The lowest BCUT2D eigenvalue weighted by Crippen LogP contribution is -2.27. The van der Waals surface area contributed by atoms with Crippen LogP contribution >= 0.6 is 12.4 Å². The molecule has 1 atom stereocenters. The molecule has 0 aliphatic heterocycles. The highest BCUT2D eigenvalue weighted by atomic mass is 35.5. The molecule has 0 aromatic carbocycles. The molecule has 0 saturated heterocycles. The van der Waals surface area contributed by atoms with Gasteiger partial charge in [-0.15, -0.1) is 12.4 Å². The Hall–Kier alpha value is -1.29. The Bertz CT molecular complexity index is 279. The Kier molecular flexibility index (Phi) is 5.64. The van der Waals surface area contributed by atoms with Gasteiger partial charge in [-0.3, -0.25) is 4.98 Å². The second kappa shape index (κ2) is 6.21. The number of ether oxygens (including phenoxy) is 1. The fourth-order valence-corrected chi connectivity index (χ4v) is 0.934. The number of carbonyl (C=O) groups excluding carboxylic acids is 1. The van der Waals surface area contributed by atoms with Crippen LogP contribution in [0.15, 0.2) is 24.5 Å². The van der Waals surface area contributed by atoms with E-state index in [9.17, 15) is 4.79 Å². The number of pyridine rings is 1. The van der Waals surface area contributed by atoms with Crippen LogP contribution in [0, 0.1) is 0 Å². The fraction of sp³-hybridized carbons (Fsp3) is 0.333. The van der Waals surface area contributed by atoms with Crippen LogP contribution in [0.2, 0.25) is 0 Å². The smallest absolute Gasteiger partial charge is 0.327 e. The minimum absolute atomic E-state index is 0. The lowest BCUT2D eigenvalue weighted by Gasteiger charge is -2.11. The SMILES string of the molecule is COC(=O)[C@@H](C)Nc1cccnc1.Cl. The normalized spacial score (nSPS) is 11.0. The molecule has 0 fully saturated rings. The van der Waals surface area contributed by atoms with Crippen molar-refractivity contribution in [3.63, 3.8) is 0 Å². The van der Waals surface area contributed by atoms with Gasteiger partial charge >= 0.3 is 5.97 Å². The van der Waals surface area contributed by atoms with E-state index < -0.39 is 0 Å². The van der Waals surface area contributed by atoms with E-state index in [1.165, 1.54) is 7.11 Å². The van der Waals surface area contributed by atoms with Crippen molar-refractivity contribution in [2.45, 2.75) is 13.0 Å². The Labute approximate surface area is 89.1 Å². The van der Waals surface area contributed by atoms with Crippen molar-refractivity contribution in [3.8, 4) is 0 Å². The van der Waals surface area contributed by atoms with Gasteiger partial charge in [-0.2, -0.15) is 0 Å². The van der Waals surface area contributed by atoms with Crippen LogP contribution in [0.1, 0.15) is 6.92 Å². The summed E-state index contributed by atoms with van der Waals surface area (Å²) in [5.74, 6) is -0.288. The summed E-state index contributed by atoms with van der Waals surface area (Å²) in [6.07, 6.45) is 3.33. The van der Waals surface area contributed by atoms with Gasteiger partial charge in [0.1, 0.15) is 6.04 Å². The summed E-state index contributed by atoms with van der Waals surface area (Å²) in [5.41, 5.74) is 0.806. The van der Waals surface area contributed by atoms with Crippen molar-refractivity contribution in [1.82, 2.24) is 4.98 Å². The van der Waals surface area contributed by atoms with Crippen LogP contribution < -0.4 is 5.32 Å². The number of hydrogen-bond donors (Lipinski definition) is 1. The first-order chi connectivity index (χ1) is 6.24. The summed E-state index contributed by atoms with van der Waals surface area (Å²) >= 11 is 0. The third kappa shape index (κ3) is 3.62. The van der Waals surface area contributed by atoms with Gasteiger partial charge in [-0.1, -0.05) is 0 Å². The maximum atomic E-state index is 11.0. The monoisotopic (exact) mass is 216 g/mol. The first-order valence-corrected chi connectivity index (χ1v) is 3.98. The summed E-state index contributed by atoms with van der Waals surface area (Å²) in [4.78, 5) is 14.9. The van der Waals surface area contributed by atoms with Crippen molar-refractivity contribution in [2.24, 2.45) is 0 Å². The minimum atomic E-state index is -0.353. The number of aromatic nitrogens is 1. The molecule has 0 aliphatic rings. The number of halogens is 1. The van der Waals surface area contributed by atoms with Crippen molar-refractivity contribution in [2.75, 3.05) is 12.4 Å². The van der Waals surface area contributed by atoms with E-state index in [0.717, 1.165) is 5.69 Å². The Morgan fingerprint density at radius 2 is 2.36 bits per heavy atom. The minimum Gasteiger partial charge on any atom is -0.467 e. The second-order valence-electron chi connectivity index (χ2n) is 2.63. The highest BCUT2D eigenvalue weighted by Crippen LogP contribution is 2.05. The molecule has 1 N–H and O–H groups in total. The Balaban J connectivity index is 0.00000169. The van der Waals surface area contributed by atoms with E-state index in [1.54, 1.807) is 25.4 Å². The predicted octanol–water partition coefficient (Wildman–Crippen LogP) is 1.48. The molecule has 0 spiro atoms. The number of nitrogens with one attached hydrogen (secondary N) is 1. The molecule has 0 bridgehead atoms. The molecule has 1 rings (SSSR count). The van der Waals surface area contributed by atoms with Gasteiger partial charge in [0.15, 0.2) is 0 Å². The first-order valence-electron chi connectivity index (χ1n) is 3.98. The number of carbonyl (C=O) groups is 1. The Morgan fingerprint density at radius 3 is 2.86 bits per heavy atom. The molecular weight excluding hydrogens is 204 g/mol. The zero-order valence-corrected chi connectivity index (χ0v) is 8.88. The van der Waals surface area contributed by atoms with Crippen LogP contribution in [0.4, 0.5) is 5.69 Å². The predicted molar refractivity (Wildman–Crippen MR) is 56.6 cm³/mol. The molecule has 5 heteroatoms. The third-order valence-corrected chi connectivity index (χ3v) is 1.60. The number of rotatable bonds is 3. The van der Waals surface area contributed by atoms with Gasteiger partial charge in [-0.25, -0.2) is 4.79 Å². The van der Waals surface area contributed by atoms with Crippen LogP contribution in [-0.2, 0) is 9.53 Å². The van der Waals surface area contributed by atoms with Crippen LogP contribution in [-0.4, -0.2) is 24.1 Å². The summed E-state index contributed by atoms with van der Waals surface area (Å²) in [6.45, 7) is 1.73. The number of methoxy groups -OCH3 is 1. The summed E-state index contributed by atoms with van der Waals surface area (Å²) in [5, 5.41) is 2.96. The molecule has 78 valence electrons. The van der Waals surface area contributed by atoms with Gasteiger partial charge in [0.2, 0.25) is 0 Å². The van der Waals surface area contributed by atoms with E-state index in [-0.39, 0.29) is 24.4 Å². The molecule has 0 aliphatic carbocycles. The van der Waals surface area contributed by atoms with E-state index in [1.807, 2.05) is 6.07 Å². The standard InChI is InChI=1S/C9H12N2O2.ClH/c1-7(9(12)13-2)11-8-4-3-5-10-6-8;/h3-7,11H,1-2H3;1H/t7-;/m1./s1. The van der Waals surface area contributed by atoms with Crippen LogP contribution in [0.3, 0.4) is 0 Å². The van der Waals surface area contributed by atoms with Crippen molar-refractivity contribution in [1.29, 1.82) is 0 Å². The number of hydrogen-bond acceptors (Lipinski definition) is 4. The third-order valence-electron chi connectivity index (χ3n) is 1.60. The average molecular weight is 217 g/mol. The fourth-order valence-electron chi connectivity index (χ4n) is 0.934. The maximum Gasteiger partial charge on any atom is 0.327 e. The lowest BCUT2D eigenvalue weighted by molar-refractivity contribution is -0.141. The molecule has 14 heavy (non-hydrogen) atoms. The van der Waals surface area contributed by atoms with E-state index in [0.29, 0.717) is 0 Å². The number of esters is 1. The van der Waals surface area contributed by atoms with Gasteiger partial charge in [-0.05, 0) is 19.1 Å². The van der Waals surface area contributed by atoms with Crippen LogP contribution in [0.25, 0.3) is 0 Å². The topological polar surface area (TPSA) is 51.2 Å². The summed E-state index contributed by atoms with van der Waals surface area (Å²) in [7, 11) is 1.36. The molecule has 1 aromatic heterocycles. The largest absolute Gasteiger partial charge is 0.467 e. The molecule has 0 amide bonds. The quantitative estimate of drug-likeness (QED) is 0.778. The highest BCUT2D eigenvalue weighted by molar-refractivity contribution is 5.85. The molecule has 1 heterocycles. The van der Waals surface area contributed by atoms with Crippen LogP contribution in [0.5, 0.6) is 0 Å². The van der Waals surface area contributed by atoms with Crippen molar-refractivity contribution >= 4 is 24.1 Å². The van der Waals surface area contributed by atoms with Gasteiger partial charge in [0.25, 0.3) is 0 Å².